The summed E-state index contributed by atoms with van der Waals surface area (Å²) in [5.74, 6) is 1.24. The highest BCUT2D eigenvalue weighted by atomic mass is 35.5. The van der Waals surface area contributed by atoms with E-state index in [1.165, 1.54) is 0 Å². The molecule has 2 aromatic rings. The molecule has 0 aliphatic carbocycles. The SMILES string of the molecule is CCOc1cc(C=[NH+]NC(N)=S)ccc1OCc1ccc(Cl)cc1Cl. The van der Waals surface area contributed by atoms with E-state index in [0.717, 1.165) is 11.1 Å². The second kappa shape index (κ2) is 9.46. The van der Waals surface area contributed by atoms with E-state index in [1.807, 2.05) is 31.2 Å². The molecule has 0 aliphatic heterocycles. The number of nitrogens with two attached hydrogens (primary N) is 1. The number of hydrazone groups is 1. The number of nitrogens with one attached hydrogen (secondary N) is 2. The first-order valence-corrected chi connectivity index (χ1v) is 8.63. The van der Waals surface area contributed by atoms with E-state index in [2.05, 4.69) is 10.5 Å². The van der Waals surface area contributed by atoms with E-state index in [4.69, 9.17) is 50.6 Å². The van der Waals surface area contributed by atoms with Crippen LogP contribution in [0.15, 0.2) is 36.4 Å². The summed E-state index contributed by atoms with van der Waals surface area (Å²) < 4.78 is 11.5. The van der Waals surface area contributed by atoms with E-state index in [0.29, 0.717) is 34.8 Å². The van der Waals surface area contributed by atoms with Crippen molar-refractivity contribution in [3.63, 3.8) is 0 Å². The molecular formula is C17H18Cl2N3O2S+. The number of benzene rings is 2. The van der Waals surface area contributed by atoms with Gasteiger partial charge in [0.15, 0.2) is 17.7 Å². The van der Waals surface area contributed by atoms with E-state index < -0.39 is 0 Å². The minimum absolute atomic E-state index is 0.154. The fourth-order valence-electron chi connectivity index (χ4n) is 1.99. The van der Waals surface area contributed by atoms with E-state index in [9.17, 15) is 0 Å². The van der Waals surface area contributed by atoms with Crippen molar-refractivity contribution < 1.29 is 14.6 Å². The first-order valence-electron chi connectivity index (χ1n) is 7.47. The molecule has 0 aliphatic rings. The Morgan fingerprint density at radius 3 is 2.68 bits per heavy atom. The van der Waals surface area contributed by atoms with Crippen LogP contribution in [0, 0.1) is 0 Å². The van der Waals surface area contributed by atoms with Gasteiger partial charge in [-0.05, 0) is 49.5 Å². The van der Waals surface area contributed by atoms with Gasteiger partial charge < -0.3 is 15.2 Å². The highest BCUT2D eigenvalue weighted by Gasteiger charge is 2.09. The molecule has 0 spiro atoms. The Kier molecular flexibility index (Phi) is 7.31. The molecule has 0 heterocycles. The van der Waals surface area contributed by atoms with Crippen LogP contribution in [0.1, 0.15) is 18.1 Å². The molecule has 0 saturated carbocycles. The molecule has 0 fully saturated rings. The fourth-order valence-corrected chi connectivity index (χ4v) is 2.51. The number of thiocarbonyl (C=S) groups is 1. The van der Waals surface area contributed by atoms with Gasteiger partial charge >= 0.3 is 0 Å². The van der Waals surface area contributed by atoms with E-state index in [-0.39, 0.29) is 5.11 Å². The van der Waals surface area contributed by atoms with Gasteiger partial charge in [-0.25, -0.2) is 0 Å². The van der Waals surface area contributed by atoms with Gasteiger partial charge in [0.25, 0.3) is 0 Å². The van der Waals surface area contributed by atoms with Gasteiger partial charge in [-0.3, -0.25) is 0 Å². The molecule has 0 amide bonds. The molecule has 0 atom stereocenters. The standard InChI is InChI=1S/C17H17Cl2N3O2S/c1-2-23-16-7-11(9-21-22-17(20)25)3-6-15(16)24-10-12-4-5-13(18)8-14(12)19/h3-9H,2,10H2,1H3,(H3,20,22,25)/p+1. The quantitative estimate of drug-likeness (QED) is 0.379. The Balaban J connectivity index is 2.13. The third-order valence-electron chi connectivity index (χ3n) is 3.10. The zero-order valence-corrected chi connectivity index (χ0v) is 15.8. The van der Waals surface area contributed by atoms with Crippen LogP contribution in [0.4, 0.5) is 0 Å². The van der Waals surface area contributed by atoms with Crippen molar-refractivity contribution in [1.29, 1.82) is 0 Å². The van der Waals surface area contributed by atoms with Crippen molar-refractivity contribution in [3.8, 4) is 11.5 Å². The third kappa shape index (κ3) is 6.08. The summed E-state index contributed by atoms with van der Waals surface area (Å²) in [6.45, 7) is 2.73. The number of halogens is 2. The van der Waals surface area contributed by atoms with Crippen molar-refractivity contribution in [3.05, 3.63) is 57.6 Å². The van der Waals surface area contributed by atoms with Crippen molar-refractivity contribution in [2.45, 2.75) is 13.5 Å². The van der Waals surface area contributed by atoms with Gasteiger partial charge in [0.05, 0.1) is 6.61 Å². The Hall–Kier alpha value is -2.02. The Morgan fingerprint density at radius 2 is 2.00 bits per heavy atom. The number of hydrogen-bond acceptors (Lipinski definition) is 3. The van der Waals surface area contributed by atoms with Gasteiger partial charge in [0.1, 0.15) is 6.61 Å². The lowest BCUT2D eigenvalue weighted by Gasteiger charge is -2.13. The summed E-state index contributed by atoms with van der Waals surface area (Å²) in [5.41, 5.74) is 9.68. The van der Waals surface area contributed by atoms with Gasteiger partial charge in [0.2, 0.25) is 5.11 Å². The minimum Gasteiger partial charge on any atom is -0.490 e. The van der Waals surface area contributed by atoms with Crippen molar-refractivity contribution in [2.24, 2.45) is 5.73 Å². The zero-order valence-electron chi connectivity index (χ0n) is 13.5. The van der Waals surface area contributed by atoms with Gasteiger partial charge in [0, 0.05) is 21.2 Å². The maximum atomic E-state index is 6.17. The van der Waals surface area contributed by atoms with Crippen LogP contribution in [0.25, 0.3) is 0 Å². The molecule has 0 radical (unpaired) electrons. The molecule has 0 unspecified atom stereocenters. The number of hydrogen-bond donors (Lipinski definition) is 3. The van der Waals surface area contributed by atoms with Gasteiger partial charge in [-0.2, -0.15) is 0 Å². The molecule has 5 nitrogen and oxygen atoms in total. The Labute approximate surface area is 161 Å². The van der Waals surface area contributed by atoms with Crippen molar-refractivity contribution in [2.75, 3.05) is 6.61 Å². The molecule has 0 saturated heterocycles. The predicted molar refractivity (Wildman–Crippen MR) is 104 cm³/mol. The minimum atomic E-state index is 0.154. The van der Waals surface area contributed by atoms with Crippen molar-refractivity contribution in [1.82, 2.24) is 5.43 Å². The number of rotatable bonds is 7. The first kappa shape index (κ1) is 19.3. The Morgan fingerprint density at radius 1 is 1.20 bits per heavy atom. The van der Waals surface area contributed by atoms with Crippen LogP contribution in [0.5, 0.6) is 11.5 Å². The summed E-state index contributed by atoms with van der Waals surface area (Å²) in [6, 6.07) is 10.8. The summed E-state index contributed by atoms with van der Waals surface area (Å²) in [4.78, 5) is 0. The molecule has 2 rings (SSSR count). The molecule has 25 heavy (non-hydrogen) atoms. The smallest absolute Gasteiger partial charge is 0.221 e. The van der Waals surface area contributed by atoms with Crippen LogP contribution >= 0.6 is 35.4 Å². The van der Waals surface area contributed by atoms with Gasteiger partial charge in [-0.15, -0.1) is 10.5 Å². The highest BCUT2D eigenvalue weighted by Crippen LogP contribution is 2.30. The topological polar surface area (TPSA) is 70.5 Å². The first-order chi connectivity index (χ1) is 12.0. The van der Waals surface area contributed by atoms with Crippen LogP contribution in [0.2, 0.25) is 10.0 Å². The summed E-state index contributed by atoms with van der Waals surface area (Å²) in [5, 5.41) is 4.09. The summed E-state index contributed by atoms with van der Waals surface area (Å²) >= 11 is 16.8. The largest absolute Gasteiger partial charge is 0.490 e. The third-order valence-corrected chi connectivity index (χ3v) is 3.79. The van der Waals surface area contributed by atoms with E-state index >= 15 is 0 Å². The molecule has 8 heteroatoms. The molecule has 0 bridgehead atoms. The Bertz CT molecular complexity index is 784. The van der Waals surface area contributed by atoms with E-state index in [1.54, 1.807) is 18.3 Å². The summed E-state index contributed by atoms with van der Waals surface area (Å²) in [7, 11) is 0. The van der Waals surface area contributed by atoms with Crippen LogP contribution in [-0.2, 0) is 6.61 Å². The monoisotopic (exact) mass is 398 g/mol. The lowest BCUT2D eigenvalue weighted by molar-refractivity contribution is -0.499. The zero-order chi connectivity index (χ0) is 18.2. The van der Waals surface area contributed by atoms with Crippen LogP contribution < -0.4 is 25.7 Å². The fraction of sp³-hybridized carbons (Fsp3) is 0.176. The van der Waals surface area contributed by atoms with Crippen LogP contribution in [-0.4, -0.2) is 17.9 Å². The second-order valence-electron chi connectivity index (χ2n) is 4.94. The van der Waals surface area contributed by atoms with Crippen molar-refractivity contribution >= 4 is 46.7 Å². The number of hydrazine groups is 1. The summed E-state index contributed by atoms with van der Waals surface area (Å²) in [6.07, 6.45) is 1.71. The molecule has 2 aromatic carbocycles. The highest BCUT2D eigenvalue weighted by molar-refractivity contribution is 7.80. The molecule has 132 valence electrons. The molecule has 0 aromatic heterocycles. The van der Waals surface area contributed by atoms with Gasteiger partial charge in [-0.1, -0.05) is 29.3 Å². The number of ether oxygens (including phenoxy) is 2. The maximum Gasteiger partial charge on any atom is 0.221 e. The second-order valence-corrected chi connectivity index (χ2v) is 6.22. The lowest BCUT2D eigenvalue weighted by Crippen LogP contribution is -2.82. The average molecular weight is 399 g/mol. The lowest BCUT2D eigenvalue weighted by atomic mass is 10.2. The molecule has 4 N–H and O–H groups in total. The van der Waals surface area contributed by atoms with Crippen LogP contribution in [0.3, 0.4) is 0 Å². The normalized spacial score (nSPS) is 10.7. The maximum absolute atomic E-state index is 6.17. The predicted octanol–water partition coefficient (Wildman–Crippen LogP) is 2.22. The molecular weight excluding hydrogens is 381 g/mol. The average Bonchev–Trinajstić information content (AvgIpc) is 2.55.